The summed E-state index contributed by atoms with van der Waals surface area (Å²) in [5.41, 5.74) is 0.514. The van der Waals surface area contributed by atoms with E-state index in [1.165, 1.54) is 73.8 Å². The second-order valence-electron chi connectivity index (χ2n) is 6.24. The molecule has 0 radical (unpaired) electrons. The molecule has 0 aliphatic rings. The Morgan fingerprint density at radius 1 is 1.00 bits per heavy atom. The van der Waals surface area contributed by atoms with Gasteiger partial charge in [0.1, 0.15) is 10.6 Å². The molecular formula is C20H16ClN3O6S. The molecule has 0 spiro atoms. The van der Waals surface area contributed by atoms with Gasteiger partial charge in [0.25, 0.3) is 21.6 Å². The molecule has 0 aromatic heterocycles. The molecule has 0 unspecified atom stereocenters. The highest BCUT2D eigenvalue weighted by molar-refractivity contribution is 7.92. The van der Waals surface area contributed by atoms with Crippen LogP contribution in [0.5, 0.6) is 5.75 Å². The summed E-state index contributed by atoms with van der Waals surface area (Å²) in [7, 11) is -2.73. The lowest BCUT2D eigenvalue weighted by atomic mass is 10.2. The molecule has 9 nitrogen and oxygen atoms in total. The molecule has 31 heavy (non-hydrogen) atoms. The number of nitrogens with zero attached hydrogens (tertiary/aromatic N) is 1. The van der Waals surface area contributed by atoms with Crippen LogP contribution in [0.3, 0.4) is 0 Å². The number of benzene rings is 3. The minimum atomic E-state index is -4.05. The topological polar surface area (TPSA) is 128 Å². The van der Waals surface area contributed by atoms with Crippen LogP contribution in [0.25, 0.3) is 0 Å². The lowest BCUT2D eigenvalue weighted by Crippen LogP contribution is -2.16. The lowest BCUT2D eigenvalue weighted by Gasteiger charge is -2.14. The van der Waals surface area contributed by atoms with Gasteiger partial charge < -0.3 is 10.1 Å². The summed E-state index contributed by atoms with van der Waals surface area (Å²) in [4.78, 5) is 22.4. The zero-order chi connectivity index (χ0) is 22.6. The van der Waals surface area contributed by atoms with Crippen LogP contribution in [0.2, 0.25) is 5.02 Å². The van der Waals surface area contributed by atoms with Gasteiger partial charge in [-0.25, -0.2) is 8.42 Å². The number of methoxy groups -OCH3 is 1. The van der Waals surface area contributed by atoms with Crippen LogP contribution in [0.4, 0.5) is 17.1 Å². The fourth-order valence-electron chi connectivity index (χ4n) is 2.63. The molecule has 2 N–H and O–H groups in total. The van der Waals surface area contributed by atoms with Crippen molar-refractivity contribution in [3.63, 3.8) is 0 Å². The Morgan fingerprint density at radius 3 is 2.19 bits per heavy atom. The highest BCUT2D eigenvalue weighted by atomic mass is 35.5. The minimum absolute atomic E-state index is 0.0785. The molecule has 3 aromatic carbocycles. The first-order valence-electron chi connectivity index (χ1n) is 8.72. The van der Waals surface area contributed by atoms with Gasteiger partial charge in [0.2, 0.25) is 0 Å². The first kappa shape index (κ1) is 22.1. The van der Waals surface area contributed by atoms with Gasteiger partial charge >= 0.3 is 0 Å². The van der Waals surface area contributed by atoms with E-state index in [2.05, 4.69) is 10.0 Å². The van der Waals surface area contributed by atoms with E-state index in [9.17, 15) is 23.3 Å². The standard InChI is InChI=1S/C20H16ClN3O6S/c1-30-18-11-8-16(22-20(25)13-2-9-17(10-3-13)24(26)27)12-19(18)31(28,29)23-15-6-4-14(21)5-7-15/h2-12,23H,1H3,(H,22,25). The van der Waals surface area contributed by atoms with E-state index in [-0.39, 0.29) is 27.6 Å². The van der Waals surface area contributed by atoms with Crippen molar-refractivity contribution >= 4 is 44.6 Å². The van der Waals surface area contributed by atoms with Gasteiger partial charge in [0.05, 0.1) is 12.0 Å². The van der Waals surface area contributed by atoms with E-state index in [1.807, 2.05) is 0 Å². The Hall–Kier alpha value is -3.63. The average molecular weight is 462 g/mol. The van der Waals surface area contributed by atoms with Crippen molar-refractivity contribution in [1.82, 2.24) is 0 Å². The quantitative estimate of drug-likeness (QED) is 0.398. The van der Waals surface area contributed by atoms with Gasteiger partial charge in [0, 0.05) is 34.1 Å². The second kappa shape index (κ2) is 9.02. The predicted octanol–water partition coefficient (Wildman–Crippen LogP) is 4.31. The van der Waals surface area contributed by atoms with Crippen molar-refractivity contribution in [2.75, 3.05) is 17.1 Å². The third-order valence-electron chi connectivity index (χ3n) is 4.15. The van der Waals surface area contributed by atoms with Gasteiger partial charge in [-0.2, -0.15) is 0 Å². The van der Waals surface area contributed by atoms with Crippen LogP contribution in [-0.2, 0) is 10.0 Å². The summed E-state index contributed by atoms with van der Waals surface area (Å²) in [6.07, 6.45) is 0. The number of anilines is 2. The monoisotopic (exact) mass is 461 g/mol. The maximum absolute atomic E-state index is 12.9. The number of carbonyl (C=O) groups is 1. The Kier molecular flexibility index (Phi) is 6.42. The van der Waals surface area contributed by atoms with Gasteiger partial charge in [-0.05, 0) is 54.6 Å². The van der Waals surface area contributed by atoms with Crippen LogP contribution >= 0.6 is 11.6 Å². The summed E-state index contributed by atoms with van der Waals surface area (Å²) in [6, 6.07) is 15.2. The van der Waals surface area contributed by atoms with Crippen molar-refractivity contribution in [3.8, 4) is 5.75 Å². The van der Waals surface area contributed by atoms with Crippen LogP contribution in [0, 0.1) is 10.1 Å². The summed E-state index contributed by atoms with van der Waals surface area (Å²) < 4.78 is 33.3. The van der Waals surface area contributed by atoms with Crippen molar-refractivity contribution < 1.29 is 22.9 Å². The molecule has 3 aromatic rings. The van der Waals surface area contributed by atoms with E-state index in [4.69, 9.17) is 16.3 Å². The molecule has 0 bridgehead atoms. The number of nitrogens with one attached hydrogen (secondary N) is 2. The molecule has 0 saturated carbocycles. The van der Waals surface area contributed by atoms with Crippen molar-refractivity contribution in [1.29, 1.82) is 0 Å². The molecule has 0 atom stereocenters. The fraction of sp³-hybridized carbons (Fsp3) is 0.0500. The maximum Gasteiger partial charge on any atom is 0.269 e. The molecule has 0 aliphatic carbocycles. The molecule has 1 amide bonds. The first-order chi connectivity index (χ1) is 14.7. The highest BCUT2D eigenvalue weighted by Crippen LogP contribution is 2.29. The predicted molar refractivity (Wildman–Crippen MR) is 116 cm³/mol. The number of hydrogen-bond acceptors (Lipinski definition) is 6. The molecule has 11 heteroatoms. The Balaban J connectivity index is 1.86. The average Bonchev–Trinajstić information content (AvgIpc) is 2.75. The number of rotatable bonds is 7. The Morgan fingerprint density at radius 2 is 1.61 bits per heavy atom. The SMILES string of the molecule is COc1ccc(NC(=O)c2ccc([N+](=O)[O-])cc2)cc1S(=O)(=O)Nc1ccc(Cl)cc1. The third kappa shape index (κ3) is 5.30. The number of carbonyl (C=O) groups excluding carboxylic acids is 1. The van der Waals surface area contributed by atoms with Gasteiger partial charge in [-0.1, -0.05) is 11.6 Å². The molecule has 0 heterocycles. The Labute approximate surface area is 182 Å². The first-order valence-corrected chi connectivity index (χ1v) is 10.6. The van der Waals surface area contributed by atoms with Crippen LogP contribution < -0.4 is 14.8 Å². The lowest BCUT2D eigenvalue weighted by molar-refractivity contribution is -0.384. The Bertz CT molecular complexity index is 1230. The molecule has 3 rings (SSSR count). The number of nitro groups is 1. The molecular weight excluding hydrogens is 446 g/mol. The zero-order valence-corrected chi connectivity index (χ0v) is 17.6. The van der Waals surface area contributed by atoms with Crippen LogP contribution in [-0.4, -0.2) is 26.4 Å². The summed E-state index contributed by atoms with van der Waals surface area (Å²) in [6.45, 7) is 0. The second-order valence-corrected chi connectivity index (χ2v) is 8.32. The molecule has 0 aliphatic heterocycles. The third-order valence-corrected chi connectivity index (χ3v) is 5.80. The number of nitro benzene ring substituents is 1. The largest absolute Gasteiger partial charge is 0.495 e. The van der Waals surface area contributed by atoms with Gasteiger partial charge in [-0.3, -0.25) is 19.6 Å². The number of non-ortho nitro benzene ring substituents is 1. The highest BCUT2D eigenvalue weighted by Gasteiger charge is 2.21. The van der Waals surface area contributed by atoms with Crippen LogP contribution in [0.1, 0.15) is 10.4 Å². The number of sulfonamides is 1. The van der Waals surface area contributed by atoms with E-state index in [0.717, 1.165) is 0 Å². The van der Waals surface area contributed by atoms with E-state index < -0.39 is 20.9 Å². The van der Waals surface area contributed by atoms with Crippen molar-refractivity contribution in [3.05, 3.63) is 87.4 Å². The van der Waals surface area contributed by atoms with E-state index in [0.29, 0.717) is 10.7 Å². The molecule has 160 valence electrons. The number of ether oxygens (including phenoxy) is 1. The normalized spacial score (nSPS) is 10.9. The zero-order valence-electron chi connectivity index (χ0n) is 16.0. The maximum atomic E-state index is 12.9. The minimum Gasteiger partial charge on any atom is -0.495 e. The van der Waals surface area contributed by atoms with Crippen molar-refractivity contribution in [2.24, 2.45) is 0 Å². The van der Waals surface area contributed by atoms with E-state index in [1.54, 1.807) is 0 Å². The molecule has 0 saturated heterocycles. The smallest absolute Gasteiger partial charge is 0.269 e. The summed E-state index contributed by atoms with van der Waals surface area (Å²) in [5.74, 6) is -0.483. The number of halogens is 1. The summed E-state index contributed by atoms with van der Waals surface area (Å²) in [5, 5.41) is 13.8. The fourth-order valence-corrected chi connectivity index (χ4v) is 4.01. The number of amides is 1. The van der Waals surface area contributed by atoms with Crippen LogP contribution in [0.15, 0.2) is 71.6 Å². The number of hydrogen-bond donors (Lipinski definition) is 2. The van der Waals surface area contributed by atoms with Gasteiger partial charge in [-0.15, -0.1) is 0 Å². The van der Waals surface area contributed by atoms with Crippen molar-refractivity contribution in [2.45, 2.75) is 4.90 Å². The summed E-state index contributed by atoms with van der Waals surface area (Å²) >= 11 is 5.82. The van der Waals surface area contributed by atoms with E-state index >= 15 is 0 Å². The molecule has 0 fully saturated rings. The van der Waals surface area contributed by atoms with Gasteiger partial charge in [0.15, 0.2) is 0 Å².